The van der Waals surface area contributed by atoms with E-state index in [1.54, 1.807) is 24.1 Å². The molecule has 0 aliphatic carbocycles. The van der Waals surface area contributed by atoms with Crippen LogP contribution in [0, 0.1) is 0 Å². The fourth-order valence-corrected chi connectivity index (χ4v) is 4.05. The molecule has 1 aliphatic heterocycles. The number of carbonyl (C=O) groups is 1. The van der Waals surface area contributed by atoms with Crippen LogP contribution in [0.1, 0.15) is 30.7 Å². The van der Waals surface area contributed by atoms with E-state index >= 15 is 0 Å². The van der Waals surface area contributed by atoms with E-state index in [1.807, 2.05) is 6.07 Å². The zero-order valence-electron chi connectivity index (χ0n) is 14.0. The molecule has 2 aromatic rings. The van der Waals surface area contributed by atoms with Gasteiger partial charge in [-0.2, -0.15) is 0 Å². The number of hydrogen-bond donors (Lipinski definition) is 0. The molecule has 0 spiro atoms. The summed E-state index contributed by atoms with van der Waals surface area (Å²) in [7, 11) is 1.79. The summed E-state index contributed by atoms with van der Waals surface area (Å²) in [6, 6.07) is 5.42. The quantitative estimate of drug-likeness (QED) is 0.712. The highest BCUT2D eigenvalue weighted by atomic mass is 35.5. The summed E-state index contributed by atoms with van der Waals surface area (Å²) < 4.78 is 2.16. The summed E-state index contributed by atoms with van der Waals surface area (Å²) in [5.41, 5.74) is 0.951. The van der Waals surface area contributed by atoms with Crippen molar-refractivity contribution in [1.82, 2.24) is 19.7 Å². The van der Waals surface area contributed by atoms with Gasteiger partial charge >= 0.3 is 0 Å². The van der Waals surface area contributed by atoms with Crippen LogP contribution in [0.4, 0.5) is 0 Å². The lowest BCUT2D eigenvalue weighted by molar-refractivity contribution is -0.127. The third kappa shape index (κ3) is 4.68. The molecule has 0 atom stereocenters. The van der Waals surface area contributed by atoms with Crippen molar-refractivity contribution in [2.24, 2.45) is 0 Å². The first-order chi connectivity index (χ1) is 12.0. The van der Waals surface area contributed by atoms with Crippen LogP contribution in [0.3, 0.4) is 0 Å². The molecule has 134 valence electrons. The first-order valence-electron chi connectivity index (χ1n) is 8.27. The SMILES string of the molecule is CN(Cc1ccc(Cl)c(Cl)c1)C(=O)CSc1nnc2n1CCCCC2. The summed E-state index contributed by atoms with van der Waals surface area (Å²) in [6.45, 7) is 1.44. The van der Waals surface area contributed by atoms with Crippen LogP contribution in [-0.2, 0) is 24.3 Å². The number of benzene rings is 1. The minimum atomic E-state index is 0.0436. The van der Waals surface area contributed by atoms with E-state index in [1.165, 1.54) is 18.2 Å². The molecule has 2 heterocycles. The molecule has 1 aromatic heterocycles. The van der Waals surface area contributed by atoms with Crippen molar-refractivity contribution in [2.45, 2.75) is 43.9 Å². The molecule has 25 heavy (non-hydrogen) atoms. The zero-order chi connectivity index (χ0) is 17.8. The maximum Gasteiger partial charge on any atom is 0.233 e. The van der Waals surface area contributed by atoms with Crippen LogP contribution in [-0.4, -0.2) is 38.4 Å². The normalized spacial score (nSPS) is 14.0. The highest BCUT2D eigenvalue weighted by molar-refractivity contribution is 7.99. The number of carbonyl (C=O) groups excluding carboxylic acids is 1. The topological polar surface area (TPSA) is 51.0 Å². The predicted molar refractivity (Wildman–Crippen MR) is 101 cm³/mol. The van der Waals surface area contributed by atoms with Gasteiger partial charge in [0.25, 0.3) is 0 Å². The average Bonchev–Trinajstić information content (AvgIpc) is 2.82. The molecule has 0 fully saturated rings. The van der Waals surface area contributed by atoms with Crippen molar-refractivity contribution in [3.8, 4) is 0 Å². The Hall–Kier alpha value is -1.24. The van der Waals surface area contributed by atoms with Crippen molar-refractivity contribution < 1.29 is 4.79 Å². The van der Waals surface area contributed by atoms with E-state index in [0.29, 0.717) is 22.3 Å². The van der Waals surface area contributed by atoms with Gasteiger partial charge in [0.15, 0.2) is 5.16 Å². The minimum Gasteiger partial charge on any atom is -0.341 e. The van der Waals surface area contributed by atoms with Crippen LogP contribution >= 0.6 is 35.0 Å². The first-order valence-corrected chi connectivity index (χ1v) is 10.0. The van der Waals surface area contributed by atoms with Crippen LogP contribution in [0.5, 0.6) is 0 Å². The molecule has 0 radical (unpaired) electrons. The smallest absolute Gasteiger partial charge is 0.233 e. The second kappa shape index (κ2) is 8.43. The molecule has 0 saturated heterocycles. The Morgan fingerprint density at radius 2 is 2.08 bits per heavy atom. The number of thioether (sulfide) groups is 1. The Balaban J connectivity index is 1.57. The number of nitrogens with zero attached hydrogens (tertiary/aromatic N) is 4. The van der Waals surface area contributed by atoms with Crippen molar-refractivity contribution in [2.75, 3.05) is 12.8 Å². The number of halogens is 2. The Morgan fingerprint density at radius 1 is 1.24 bits per heavy atom. The van der Waals surface area contributed by atoms with Crippen molar-refractivity contribution in [3.05, 3.63) is 39.6 Å². The molecule has 8 heteroatoms. The summed E-state index contributed by atoms with van der Waals surface area (Å²) in [6.07, 6.45) is 4.50. The standard InChI is InChI=1S/C17H20Cl2N4OS/c1-22(10-12-6-7-13(18)14(19)9-12)16(24)11-25-17-21-20-15-5-3-2-4-8-23(15)17/h6-7,9H,2-5,8,10-11H2,1H3. The summed E-state index contributed by atoms with van der Waals surface area (Å²) in [5.74, 6) is 1.43. The van der Waals surface area contributed by atoms with Crippen LogP contribution in [0.15, 0.2) is 23.4 Å². The molecule has 0 N–H and O–H groups in total. The second-order valence-corrected chi connectivity index (χ2v) is 7.90. The monoisotopic (exact) mass is 398 g/mol. The zero-order valence-corrected chi connectivity index (χ0v) is 16.4. The highest BCUT2D eigenvalue weighted by Crippen LogP contribution is 2.24. The molecule has 1 aromatic carbocycles. The number of aromatic nitrogens is 3. The number of amides is 1. The fourth-order valence-electron chi connectivity index (χ4n) is 2.80. The summed E-state index contributed by atoms with van der Waals surface area (Å²) in [5, 5.41) is 10.4. The Bertz CT molecular complexity index is 765. The number of fused-ring (bicyclic) bond motifs is 1. The van der Waals surface area contributed by atoms with Crippen molar-refractivity contribution in [3.63, 3.8) is 0 Å². The van der Waals surface area contributed by atoms with E-state index in [0.717, 1.165) is 42.4 Å². The van der Waals surface area contributed by atoms with E-state index < -0.39 is 0 Å². The van der Waals surface area contributed by atoms with Gasteiger partial charge in [-0.05, 0) is 30.5 Å². The molecular formula is C17H20Cl2N4OS. The summed E-state index contributed by atoms with van der Waals surface area (Å²) >= 11 is 13.4. The minimum absolute atomic E-state index is 0.0436. The molecule has 3 rings (SSSR count). The molecule has 0 bridgehead atoms. The predicted octanol–water partition coefficient (Wildman–Crippen LogP) is 4.06. The Morgan fingerprint density at radius 3 is 2.88 bits per heavy atom. The van der Waals surface area contributed by atoms with E-state index in [9.17, 15) is 4.79 Å². The molecule has 1 amide bonds. The van der Waals surface area contributed by atoms with Gasteiger partial charge < -0.3 is 9.47 Å². The largest absolute Gasteiger partial charge is 0.341 e. The van der Waals surface area contributed by atoms with Gasteiger partial charge in [0, 0.05) is 26.6 Å². The lowest BCUT2D eigenvalue weighted by Crippen LogP contribution is -2.28. The number of rotatable bonds is 5. The van der Waals surface area contributed by atoms with Gasteiger partial charge in [-0.3, -0.25) is 4.79 Å². The number of hydrogen-bond acceptors (Lipinski definition) is 4. The van der Waals surface area contributed by atoms with E-state index in [4.69, 9.17) is 23.2 Å². The van der Waals surface area contributed by atoms with Crippen molar-refractivity contribution >= 4 is 40.9 Å². The first kappa shape index (κ1) is 18.5. The lowest BCUT2D eigenvalue weighted by Gasteiger charge is -2.17. The fraction of sp³-hybridized carbons (Fsp3) is 0.471. The number of aryl methyl sites for hydroxylation is 1. The Labute approximate surface area is 161 Å². The maximum atomic E-state index is 12.4. The van der Waals surface area contributed by atoms with Crippen molar-refractivity contribution in [1.29, 1.82) is 0 Å². The van der Waals surface area contributed by atoms with Crippen LogP contribution < -0.4 is 0 Å². The highest BCUT2D eigenvalue weighted by Gasteiger charge is 2.17. The van der Waals surface area contributed by atoms with Gasteiger partial charge in [-0.25, -0.2) is 0 Å². The van der Waals surface area contributed by atoms with Crippen LogP contribution in [0.25, 0.3) is 0 Å². The Kier molecular flexibility index (Phi) is 6.25. The van der Waals surface area contributed by atoms with Gasteiger partial charge in [0.2, 0.25) is 5.91 Å². The molecule has 5 nitrogen and oxygen atoms in total. The lowest BCUT2D eigenvalue weighted by atomic mass is 10.2. The molecular weight excluding hydrogens is 379 g/mol. The summed E-state index contributed by atoms with van der Waals surface area (Å²) in [4.78, 5) is 14.1. The third-order valence-corrected chi connectivity index (χ3v) is 5.92. The van der Waals surface area contributed by atoms with E-state index in [-0.39, 0.29) is 5.91 Å². The third-order valence-electron chi connectivity index (χ3n) is 4.23. The van der Waals surface area contributed by atoms with Gasteiger partial charge in [-0.1, -0.05) is 47.5 Å². The average molecular weight is 399 g/mol. The van der Waals surface area contributed by atoms with Gasteiger partial charge in [-0.15, -0.1) is 10.2 Å². The van der Waals surface area contributed by atoms with E-state index in [2.05, 4.69) is 14.8 Å². The molecule has 0 unspecified atom stereocenters. The van der Waals surface area contributed by atoms with Gasteiger partial charge in [0.1, 0.15) is 5.82 Å². The molecule has 1 aliphatic rings. The molecule has 0 saturated carbocycles. The second-order valence-electron chi connectivity index (χ2n) is 6.15. The van der Waals surface area contributed by atoms with Crippen LogP contribution in [0.2, 0.25) is 10.0 Å². The maximum absolute atomic E-state index is 12.4. The van der Waals surface area contributed by atoms with Gasteiger partial charge in [0.05, 0.1) is 15.8 Å².